The van der Waals surface area contributed by atoms with Crippen LogP contribution in [0.5, 0.6) is 0 Å². The van der Waals surface area contributed by atoms with Gasteiger partial charge in [0.05, 0.1) is 19.3 Å². The summed E-state index contributed by atoms with van der Waals surface area (Å²) in [5, 5.41) is 0. The molecular formula is C10H16ClNO3. The quantitative estimate of drug-likeness (QED) is 0.657. The Balaban J connectivity index is 1.96. The number of amides is 1. The highest BCUT2D eigenvalue weighted by atomic mass is 35.5. The molecule has 2 saturated heterocycles. The third kappa shape index (κ3) is 2.44. The Bertz CT molecular complexity index is 231. The Labute approximate surface area is 94.5 Å². The topological polar surface area (TPSA) is 38.8 Å². The minimum absolute atomic E-state index is 0.0112. The third-order valence-corrected chi connectivity index (χ3v) is 3.25. The van der Waals surface area contributed by atoms with Gasteiger partial charge >= 0.3 is 0 Å². The van der Waals surface area contributed by atoms with Crippen molar-refractivity contribution in [1.82, 2.24) is 4.90 Å². The van der Waals surface area contributed by atoms with Gasteiger partial charge < -0.3 is 14.4 Å². The van der Waals surface area contributed by atoms with E-state index in [4.69, 9.17) is 21.1 Å². The van der Waals surface area contributed by atoms with E-state index in [0.717, 1.165) is 12.8 Å². The molecule has 0 aromatic rings. The second-order valence-corrected chi connectivity index (χ2v) is 4.22. The highest BCUT2D eigenvalue weighted by Crippen LogP contribution is 2.18. The van der Waals surface area contributed by atoms with Gasteiger partial charge in [-0.05, 0) is 12.8 Å². The van der Waals surface area contributed by atoms with E-state index in [1.165, 1.54) is 0 Å². The first kappa shape index (κ1) is 11.2. The van der Waals surface area contributed by atoms with Crippen molar-refractivity contribution in [2.75, 3.05) is 32.2 Å². The average Bonchev–Trinajstić information content (AvgIpc) is 2.81. The molecule has 0 bridgehead atoms. The number of hydrogen-bond acceptors (Lipinski definition) is 3. The molecule has 0 aliphatic carbocycles. The number of halogens is 1. The normalized spacial score (nSPS) is 31.9. The van der Waals surface area contributed by atoms with Crippen LogP contribution in [0.2, 0.25) is 0 Å². The number of hydrogen-bond donors (Lipinski definition) is 0. The Morgan fingerprint density at radius 1 is 1.47 bits per heavy atom. The Morgan fingerprint density at radius 2 is 2.33 bits per heavy atom. The summed E-state index contributed by atoms with van der Waals surface area (Å²) in [5.74, 6) is 0.514. The first-order valence-electron chi connectivity index (χ1n) is 5.38. The van der Waals surface area contributed by atoms with Crippen LogP contribution in [-0.4, -0.2) is 55.2 Å². The van der Waals surface area contributed by atoms with Gasteiger partial charge in [-0.25, -0.2) is 0 Å². The molecule has 2 unspecified atom stereocenters. The van der Waals surface area contributed by atoms with Gasteiger partial charge in [-0.3, -0.25) is 4.79 Å². The zero-order valence-electron chi connectivity index (χ0n) is 8.65. The van der Waals surface area contributed by atoms with Crippen LogP contribution in [0.15, 0.2) is 0 Å². The molecule has 0 aromatic carbocycles. The first-order chi connectivity index (χ1) is 7.33. The van der Waals surface area contributed by atoms with Gasteiger partial charge in [-0.15, -0.1) is 11.6 Å². The van der Waals surface area contributed by atoms with Crippen molar-refractivity contribution >= 4 is 17.5 Å². The van der Waals surface area contributed by atoms with Gasteiger partial charge in [0, 0.05) is 19.0 Å². The molecule has 2 heterocycles. The Hall–Kier alpha value is -0.320. The molecule has 86 valence electrons. The Morgan fingerprint density at radius 3 is 3.00 bits per heavy atom. The standard InChI is InChI=1S/C10H16ClNO3/c11-6-8-7-14-5-3-12(8)10(13)9-2-1-4-15-9/h8-9H,1-7H2. The van der Waals surface area contributed by atoms with Crippen LogP contribution in [0.25, 0.3) is 0 Å². The van der Waals surface area contributed by atoms with E-state index in [1.807, 2.05) is 4.90 Å². The number of morpholine rings is 1. The number of rotatable bonds is 2. The summed E-state index contributed by atoms with van der Waals surface area (Å²) >= 11 is 5.81. The lowest BCUT2D eigenvalue weighted by atomic mass is 10.1. The zero-order chi connectivity index (χ0) is 10.7. The second kappa shape index (κ2) is 5.14. The number of ether oxygens (including phenoxy) is 2. The van der Waals surface area contributed by atoms with Crippen molar-refractivity contribution < 1.29 is 14.3 Å². The maximum Gasteiger partial charge on any atom is 0.252 e. The Kier molecular flexibility index (Phi) is 3.83. The molecule has 4 nitrogen and oxygen atoms in total. The van der Waals surface area contributed by atoms with E-state index in [1.54, 1.807) is 0 Å². The molecule has 5 heteroatoms. The van der Waals surface area contributed by atoms with Crippen LogP contribution in [0.4, 0.5) is 0 Å². The molecule has 0 radical (unpaired) electrons. The van der Waals surface area contributed by atoms with Crippen LogP contribution in [0, 0.1) is 0 Å². The van der Waals surface area contributed by atoms with E-state index in [9.17, 15) is 4.79 Å². The second-order valence-electron chi connectivity index (χ2n) is 3.92. The zero-order valence-corrected chi connectivity index (χ0v) is 9.41. The van der Waals surface area contributed by atoms with Gasteiger partial charge in [0.15, 0.2) is 0 Å². The van der Waals surface area contributed by atoms with E-state index in [2.05, 4.69) is 0 Å². The predicted octanol–water partition coefficient (Wildman–Crippen LogP) is 0.632. The summed E-state index contributed by atoms with van der Waals surface area (Å²) in [6.45, 7) is 2.48. The molecule has 15 heavy (non-hydrogen) atoms. The van der Waals surface area contributed by atoms with Crippen molar-refractivity contribution in [3.8, 4) is 0 Å². The molecule has 1 amide bonds. The monoisotopic (exact) mass is 233 g/mol. The van der Waals surface area contributed by atoms with E-state index in [0.29, 0.717) is 32.2 Å². The van der Waals surface area contributed by atoms with Gasteiger partial charge in [0.1, 0.15) is 6.10 Å². The fourth-order valence-electron chi connectivity index (χ4n) is 2.03. The molecular weight excluding hydrogens is 218 g/mol. The maximum absolute atomic E-state index is 12.1. The lowest BCUT2D eigenvalue weighted by Crippen LogP contribution is -2.52. The lowest BCUT2D eigenvalue weighted by Gasteiger charge is -2.35. The summed E-state index contributed by atoms with van der Waals surface area (Å²) in [5.41, 5.74) is 0. The van der Waals surface area contributed by atoms with E-state index in [-0.39, 0.29) is 18.1 Å². The molecule has 0 aromatic heterocycles. The van der Waals surface area contributed by atoms with Crippen LogP contribution in [-0.2, 0) is 14.3 Å². The smallest absolute Gasteiger partial charge is 0.252 e. The fourth-order valence-corrected chi connectivity index (χ4v) is 2.29. The molecule has 2 aliphatic rings. The SMILES string of the molecule is O=C(C1CCCO1)N1CCOCC1CCl. The number of nitrogens with zero attached hydrogens (tertiary/aromatic N) is 1. The highest BCUT2D eigenvalue weighted by molar-refractivity contribution is 6.18. The predicted molar refractivity (Wildman–Crippen MR) is 56.0 cm³/mol. The summed E-state index contributed by atoms with van der Waals surface area (Å²) in [6.07, 6.45) is 1.58. The number of carbonyl (C=O) groups is 1. The van der Waals surface area contributed by atoms with Crippen LogP contribution in [0.3, 0.4) is 0 Å². The average molecular weight is 234 g/mol. The third-order valence-electron chi connectivity index (χ3n) is 2.89. The van der Waals surface area contributed by atoms with Crippen LogP contribution < -0.4 is 0 Å². The molecule has 0 spiro atoms. The molecule has 2 aliphatic heterocycles. The van der Waals surface area contributed by atoms with Gasteiger partial charge in [0.25, 0.3) is 5.91 Å². The summed E-state index contributed by atoms with van der Waals surface area (Å²) in [7, 11) is 0. The van der Waals surface area contributed by atoms with Gasteiger partial charge in [-0.1, -0.05) is 0 Å². The summed E-state index contributed by atoms with van der Waals surface area (Å²) < 4.78 is 10.7. The van der Waals surface area contributed by atoms with Crippen molar-refractivity contribution in [3.05, 3.63) is 0 Å². The summed E-state index contributed by atoms with van der Waals surface area (Å²) in [4.78, 5) is 13.9. The van der Waals surface area contributed by atoms with Crippen molar-refractivity contribution in [2.45, 2.75) is 25.0 Å². The minimum Gasteiger partial charge on any atom is -0.377 e. The molecule has 0 N–H and O–H groups in total. The lowest BCUT2D eigenvalue weighted by molar-refractivity contribution is -0.148. The number of carbonyl (C=O) groups excluding carboxylic acids is 1. The minimum atomic E-state index is -0.242. The molecule has 2 fully saturated rings. The van der Waals surface area contributed by atoms with Crippen molar-refractivity contribution in [1.29, 1.82) is 0 Å². The van der Waals surface area contributed by atoms with Crippen LogP contribution >= 0.6 is 11.6 Å². The van der Waals surface area contributed by atoms with Crippen LogP contribution in [0.1, 0.15) is 12.8 Å². The molecule has 0 saturated carbocycles. The van der Waals surface area contributed by atoms with Crippen molar-refractivity contribution in [2.24, 2.45) is 0 Å². The summed E-state index contributed by atoms with van der Waals surface area (Å²) in [6, 6.07) is 0.0112. The van der Waals surface area contributed by atoms with E-state index < -0.39 is 0 Å². The molecule has 2 rings (SSSR count). The molecule has 2 atom stereocenters. The van der Waals surface area contributed by atoms with Crippen molar-refractivity contribution in [3.63, 3.8) is 0 Å². The van der Waals surface area contributed by atoms with E-state index >= 15 is 0 Å². The maximum atomic E-state index is 12.1. The first-order valence-corrected chi connectivity index (χ1v) is 5.92. The van der Waals surface area contributed by atoms with Gasteiger partial charge in [-0.2, -0.15) is 0 Å². The largest absolute Gasteiger partial charge is 0.377 e. The fraction of sp³-hybridized carbons (Fsp3) is 0.900. The number of alkyl halides is 1. The van der Waals surface area contributed by atoms with Gasteiger partial charge in [0.2, 0.25) is 0 Å². The highest BCUT2D eigenvalue weighted by Gasteiger charge is 2.33.